The number of hydrogen-bond donors (Lipinski definition) is 1. The van der Waals surface area contributed by atoms with E-state index >= 15 is 0 Å². The molecule has 1 rings (SSSR count). The number of hydrogen-bond acceptors (Lipinski definition) is 5. The molecule has 0 aliphatic carbocycles. The fourth-order valence-electron chi connectivity index (χ4n) is 1.66. The van der Waals surface area contributed by atoms with Crippen LogP contribution >= 0.6 is 11.8 Å². The van der Waals surface area contributed by atoms with E-state index in [1.807, 2.05) is 38.1 Å². The SMILES string of the molecule is COC(=O)C(NC(=O)CSc1ccc(OC)cc1)C(C)C. The number of methoxy groups -OCH3 is 2. The highest BCUT2D eigenvalue weighted by molar-refractivity contribution is 8.00. The molecule has 0 aromatic heterocycles. The second-order valence-electron chi connectivity index (χ2n) is 4.78. The van der Waals surface area contributed by atoms with Gasteiger partial charge in [-0.1, -0.05) is 13.8 Å². The monoisotopic (exact) mass is 311 g/mol. The first kappa shape index (κ1) is 17.4. The van der Waals surface area contributed by atoms with Crippen LogP contribution in [0.1, 0.15) is 13.8 Å². The minimum absolute atomic E-state index is 0.0209. The van der Waals surface area contributed by atoms with Crippen LogP contribution in [0.2, 0.25) is 0 Å². The zero-order chi connectivity index (χ0) is 15.8. The highest BCUT2D eigenvalue weighted by atomic mass is 32.2. The van der Waals surface area contributed by atoms with Crippen molar-refractivity contribution in [1.29, 1.82) is 0 Å². The van der Waals surface area contributed by atoms with Crippen molar-refractivity contribution in [3.05, 3.63) is 24.3 Å². The lowest BCUT2D eigenvalue weighted by Gasteiger charge is -2.19. The fourth-order valence-corrected chi connectivity index (χ4v) is 2.37. The van der Waals surface area contributed by atoms with Gasteiger partial charge in [-0.3, -0.25) is 4.79 Å². The number of nitrogens with one attached hydrogen (secondary N) is 1. The van der Waals surface area contributed by atoms with Crippen LogP contribution in [0.4, 0.5) is 0 Å². The summed E-state index contributed by atoms with van der Waals surface area (Å²) < 4.78 is 9.76. The Kier molecular flexibility index (Phi) is 7.08. The van der Waals surface area contributed by atoms with Gasteiger partial charge in [0.2, 0.25) is 5.91 Å². The van der Waals surface area contributed by atoms with Crippen molar-refractivity contribution in [3.8, 4) is 5.75 Å². The standard InChI is InChI=1S/C15H21NO4S/c1-10(2)14(15(18)20-4)16-13(17)9-21-12-7-5-11(19-3)6-8-12/h5-8,10,14H,9H2,1-4H3,(H,16,17). The van der Waals surface area contributed by atoms with Crippen molar-refractivity contribution in [3.63, 3.8) is 0 Å². The smallest absolute Gasteiger partial charge is 0.328 e. The maximum absolute atomic E-state index is 11.9. The van der Waals surface area contributed by atoms with Gasteiger partial charge in [-0.25, -0.2) is 4.79 Å². The predicted octanol–water partition coefficient (Wildman–Crippen LogP) is 2.10. The molecule has 0 aliphatic heterocycles. The van der Waals surface area contributed by atoms with Crippen LogP contribution in [0.3, 0.4) is 0 Å². The van der Waals surface area contributed by atoms with Gasteiger partial charge >= 0.3 is 5.97 Å². The molecule has 0 fully saturated rings. The minimum Gasteiger partial charge on any atom is -0.497 e. The molecule has 0 aliphatic rings. The van der Waals surface area contributed by atoms with Gasteiger partial charge < -0.3 is 14.8 Å². The molecule has 1 aromatic rings. The van der Waals surface area contributed by atoms with Crippen LogP contribution < -0.4 is 10.1 Å². The Bertz CT molecular complexity index is 473. The van der Waals surface area contributed by atoms with E-state index in [2.05, 4.69) is 10.1 Å². The van der Waals surface area contributed by atoms with Gasteiger partial charge in [-0.2, -0.15) is 0 Å². The molecule has 1 atom stereocenters. The topological polar surface area (TPSA) is 64.6 Å². The molecular formula is C15H21NO4S. The Morgan fingerprint density at radius 1 is 1.19 bits per heavy atom. The zero-order valence-electron chi connectivity index (χ0n) is 12.7. The molecule has 6 heteroatoms. The largest absolute Gasteiger partial charge is 0.497 e. The summed E-state index contributed by atoms with van der Waals surface area (Å²) in [6, 6.07) is 6.84. The van der Waals surface area contributed by atoms with Crippen molar-refractivity contribution in [1.82, 2.24) is 5.32 Å². The summed E-state index contributed by atoms with van der Waals surface area (Å²) in [5.74, 6) is 0.376. The number of esters is 1. The predicted molar refractivity (Wildman–Crippen MR) is 82.5 cm³/mol. The summed E-state index contributed by atoms with van der Waals surface area (Å²) in [6.07, 6.45) is 0. The average Bonchev–Trinajstić information content (AvgIpc) is 2.50. The summed E-state index contributed by atoms with van der Waals surface area (Å²) in [6.45, 7) is 3.72. The summed E-state index contributed by atoms with van der Waals surface area (Å²) in [5, 5.41) is 2.70. The fraction of sp³-hybridized carbons (Fsp3) is 0.467. The molecular weight excluding hydrogens is 290 g/mol. The first-order valence-corrected chi connectivity index (χ1v) is 7.60. The van der Waals surface area contributed by atoms with Crippen molar-refractivity contribution in [2.75, 3.05) is 20.0 Å². The third-order valence-electron chi connectivity index (χ3n) is 2.87. The Hall–Kier alpha value is -1.69. The zero-order valence-corrected chi connectivity index (χ0v) is 13.5. The average molecular weight is 311 g/mol. The minimum atomic E-state index is -0.612. The highest BCUT2D eigenvalue weighted by Gasteiger charge is 2.24. The lowest BCUT2D eigenvalue weighted by molar-refractivity contribution is -0.146. The van der Waals surface area contributed by atoms with Gasteiger partial charge in [0, 0.05) is 4.90 Å². The summed E-state index contributed by atoms with van der Waals surface area (Å²) in [7, 11) is 2.92. The van der Waals surface area contributed by atoms with Gasteiger partial charge in [0.15, 0.2) is 0 Å². The number of amides is 1. The van der Waals surface area contributed by atoms with Crippen molar-refractivity contribution >= 4 is 23.6 Å². The Labute approximate surface area is 129 Å². The van der Waals surface area contributed by atoms with Crippen molar-refractivity contribution < 1.29 is 19.1 Å². The number of carbonyl (C=O) groups excluding carboxylic acids is 2. The van der Waals surface area contributed by atoms with E-state index in [0.717, 1.165) is 10.6 Å². The molecule has 5 nitrogen and oxygen atoms in total. The molecule has 0 radical (unpaired) electrons. The summed E-state index contributed by atoms with van der Waals surface area (Å²) in [4.78, 5) is 24.4. The molecule has 0 saturated heterocycles. The molecule has 0 bridgehead atoms. The van der Waals surface area contributed by atoms with E-state index in [1.165, 1.54) is 18.9 Å². The van der Waals surface area contributed by atoms with Crippen LogP contribution in [0, 0.1) is 5.92 Å². The van der Waals surface area contributed by atoms with E-state index in [0.29, 0.717) is 0 Å². The second kappa shape index (κ2) is 8.56. The lowest BCUT2D eigenvalue weighted by Crippen LogP contribution is -2.45. The third-order valence-corrected chi connectivity index (χ3v) is 3.88. The Balaban J connectivity index is 2.50. The second-order valence-corrected chi connectivity index (χ2v) is 5.83. The Morgan fingerprint density at radius 3 is 2.29 bits per heavy atom. The maximum Gasteiger partial charge on any atom is 0.328 e. The van der Waals surface area contributed by atoms with E-state index in [9.17, 15) is 9.59 Å². The van der Waals surface area contributed by atoms with Crippen LogP contribution in [0.15, 0.2) is 29.2 Å². The molecule has 1 amide bonds. The van der Waals surface area contributed by atoms with Crippen LogP contribution in [0.25, 0.3) is 0 Å². The normalized spacial score (nSPS) is 11.9. The van der Waals surface area contributed by atoms with Crippen molar-refractivity contribution in [2.24, 2.45) is 5.92 Å². The molecule has 1 N–H and O–H groups in total. The van der Waals surface area contributed by atoms with Gasteiger partial charge in [0.05, 0.1) is 20.0 Å². The molecule has 0 heterocycles. The molecule has 0 saturated carbocycles. The van der Waals surface area contributed by atoms with E-state index in [-0.39, 0.29) is 17.6 Å². The quantitative estimate of drug-likeness (QED) is 0.617. The number of carbonyl (C=O) groups is 2. The molecule has 0 spiro atoms. The Morgan fingerprint density at radius 2 is 1.81 bits per heavy atom. The molecule has 116 valence electrons. The first-order valence-electron chi connectivity index (χ1n) is 6.62. The van der Waals surface area contributed by atoms with Gasteiger partial charge in [0.25, 0.3) is 0 Å². The first-order chi connectivity index (χ1) is 9.97. The van der Waals surface area contributed by atoms with E-state index < -0.39 is 12.0 Å². The van der Waals surface area contributed by atoms with Gasteiger partial charge in [0.1, 0.15) is 11.8 Å². The van der Waals surface area contributed by atoms with Crippen LogP contribution in [-0.4, -0.2) is 37.9 Å². The summed E-state index contributed by atoms with van der Waals surface area (Å²) >= 11 is 1.40. The summed E-state index contributed by atoms with van der Waals surface area (Å²) in [5.41, 5.74) is 0. The number of benzene rings is 1. The highest BCUT2D eigenvalue weighted by Crippen LogP contribution is 2.21. The van der Waals surface area contributed by atoms with Crippen molar-refractivity contribution in [2.45, 2.75) is 24.8 Å². The van der Waals surface area contributed by atoms with Crippen LogP contribution in [-0.2, 0) is 14.3 Å². The maximum atomic E-state index is 11.9. The molecule has 1 aromatic carbocycles. The van der Waals surface area contributed by atoms with E-state index in [4.69, 9.17) is 4.74 Å². The van der Waals surface area contributed by atoms with Gasteiger partial charge in [-0.05, 0) is 30.2 Å². The lowest BCUT2D eigenvalue weighted by atomic mass is 10.1. The van der Waals surface area contributed by atoms with Crippen LogP contribution in [0.5, 0.6) is 5.75 Å². The molecule has 1 unspecified atom stereocenters. The number of thioether (sulfide) groups is 1. The van der Waals surface area contributed by atoms with Gasteiger partial charge in [-0.15, -0.1) is 11.8 Å². The third kappa shape index (κ3) is 5.67. The number of rotatable bonds is 7. The number of ether oxygens (including phenoxy) is 2. The molecule has 21 heavy (non-hydrogen) atoms. The van der Waals surface area contributed by atoms with E-state index in [1.54, 1.807) is 7.11 Å².